The first-order valence-corrected chi connectivity index (χ1v) is 10.4. The Labute approximate surface area is 184 Å². The van der Waals surface area contributed by atoms with Crippen LogP contribution in [0.15, 0.2) is 48.5 Å². The molecule has 2 atom stereocenters. The van der Waals surface area contributed by atoms with E-state index in [1.807, 2.05) is 48.5 Å². The summed E-state index contributed by atoms with van der Waals surface area (Å²) in [6, 6.07) is 13.5. The minimum Gasteiger partial charge on any atom is -0.480 e. The number of carboxylic acid groups (broad SMARTS) is 1. The maximum Gasteiger partial charge on any atom is 0.407 e. The molecule has 1 aliphatic carbocycles. The molecule has 1 saturated heterocycles. The van der Waals surface area contributed by atoms with Crippen LogP contribution >= 0.6 is 0 Å². The first kappa shape index (κ1) is 21.4. The Morgan fingerprint density at radius 3 is 2.28 bits per heavy atom. The van der Waals surface area contributed by atoms with Crippen molar-refractivity contribution in [1.82, 2.24) is 15.8 Å². The number of fused-ring (bicyclic) bond motifs is 3. The van der Waals surface area contributed by atoms with Gasteiger partial charge in [0.2, 0.25) is 5.91 Å². The first-order chi connectivity index (χ1) is 15.4. The molecule has 0 aromatic heterocycles. The lowest BCUT2D eigenvalue weighted by Gasteiger charge is -2.25. The number of nitrogens with one attached hydrogen (secondary N) is 2. The Morgan fingerprint density at radius 1 is 1.12 bits per heavy atom. The van der Waals surface area contributed by atoms with Gasteiger partial charge in [0.15, 0.2) is 6.04 Å². The minimum atomic E-state index is -1.31. The van der Waals surface area contributed by atoms with Crippen LogP contribution in [0.3, 0.4) is 0 Å². The third-order valence-electron chi connectivity index (χ3n) is 5.80. The summed E-state index contributed by atoms with van der Waals surface area (Å²) in [5.74, 6) is -2.70. The Morgan fingerprint density at radius 2 is 1.72 bits per heavy atom. The van der Waals surface area contributed by atoms with Gasteiger partial charge in [-0.2, -0.15) is 0 Å². The van der Waals surface area contributed by atoms with Crippen molar-refractivity contribution in [2.24, 2.45) is 0 Å². The molecule has 3 N–H and O–H groups in total. The highest BCUT2D eigenvalue weighted by atomic mass is 16.5. The predicted octanol–water partition coefficient (Wildman–Crippen LogP) is 2.02. The Bertz CT molecular complexity index is 1040. The second-order valence-electron chi connectivity index (χ2n) is 7.73. The molecule has 32 heavy (non-hydrogen) atoms. The van der Waals surface area contributed by atoms with Crippen LogP contribution in [0.2, 0.25) is 0 Å². The van der Waals surface area contributed by atoms with Crippen LogP contribution in [0.4, 0.5) is 4.79 Å². The fourth-order valence-corrected chi connectivity index (χ4v) is 4.22. The average molecular weight is 437 g/mol. The second kappa shape index (κ2) is 8.70. The molecule has 2 aliphatic rings. The number of nitrogens with zero attached hydrogens (tertiary/aromatic N) is 1. The van der Waals surface area contributed by atoms with Gasteiger partial charge in [-0.25, -0.2) is 14.6 Å². The van der Waals surface area contributed by atoms with Crippen molar-refractivity contribution in [3.05, 3.63) is 59.7 Å². The summed E-state index contributed by atoms with van der Waals surface area (Å²) in [6.07, 6.45) is -0.922. The molecule has 9 nitrogen and oxygen atoms in total. The van der Waals surface area contributed by atoms with Crippen LogP contribution in [0.5, 0.6) is 0 Å². The van der Waals surface area contributed by atoms with Gasteiger partial charge in [0.25, 0.3) is 5.91 Å². The molecular weight excluding hydrogens is 414 g/mol. The number of carbonyl (C=O) groups excluding carboxylic acids is 3. The zero-order valence-corrected chi connectivity index (χ0v) is 17.4. The molecule has 2 aromatic rings. The Balaban J connectivity index is 1.42. The van der Waals surface area contributed by atoms with Crippen molar-refractivity contribution in [2.45, 2.75) is 37.8 Å². The molecule has 0 radical (unpaired) electrons. The molecule has 1 heterocycles. The number of benzene rings is 2. The van der Waals surface area contributed by atoms with Crippen LogP contribution in [-0.2, 0) is 19.1 Å². The predicted molar refractivity (Wildman–Crippen MR) is 113 cm³/mol. The van der Waals surface area contributed by atoms with Crippen molar-refractivity contribution in [2.75, 3.05) is 6.61 Å². The van der Waals surface area contributed by atoms with Gasteiger partial charge < -0.3 is 15.2 Å². The third kappa shape index (κ3) is 3.89. The van der Waals surface area contributed by atoms with Gasteiger partial charge in [-0.15, -0.1) is 0 Å². The number of carbonyl (C=O) groups is 4. The van der Waals surface area contributed by atoms with E-state index in [4.69, 9.17) is 4.74 Å². The normalized spacial score (nSPS) is 17.8. The molecule has 1 fully saturated rings. The number of ether oxygens (including phenoxy) is 1. The van der Waals surface area contributed by atoms with Crippen molar-refractivity contribution < 1.29 is 29.0 Å². The van der Waals surface area contributed by atoms with Gasteiger partial charge in [-0.05, 0) is 28.7 Å². The first-order valence-electron chi connectivity index (χ1n) is 10.4. The topological polar surface area (TPSA) is 125 Å². The summed E-state index contributed by atoms with van der Waals surface area (Å²) in [5.41, 5.74) is 6.57. The van der Waals surface area contributed by atoms with Crippen LogP contribution in [0.25, 0.3) is 11.1 Å². The fraction of sp³-hybridized carbons (Fsp3) is 0.304. The van der Waals surface area contributed by atoms with E-state index in [2.05, 4.69) is 10.7 Å². The molecule has 1 aliphatic heterocycles. The molecule has 4 rings (SSSR count). The summed E-state index contributed by atoms with van der Waals surface area (Å²) in [6.45, 7) is 1.75. The highest BCUT2D eigenvalue weighted by molar-refractivity contribution is 5.96. The van der Waals surface area contributed by atoms with E-state index in [0.29, 0.717) is 0 Å². The highest BCUT2D eigenvalue weighted by Crippen LogP contribution is 2.44. The van der Waals surface area contributed by atoms with E-state index in [9.17, 15) is 24.3 Å². The van der Waals surface area contributed by atoms with Gasteiger partial charge in [0.1, 0.15) is 12.6 Å². The lowest BCUT2D eigenvalue weighted by molar-refractivity contribution is -0.151. The van der Waals surface area contributed by atoms with Crippen molar-refractivity contribution in [3.8, 4) is 11.1 Å². The summed E-state index contributed by atoms with van der Waals surface area (Å²) in [5, 5.41) is 12.5. The summed E-state index contributed by atoms with van der Waals surface area (Å²) < 4.78 is 5.46. The van der Waals surface area contributed by atoms with Crippen LogP contribution in [0, 0.1) is 0 Å². The Kier molecular flexibility index (Phi) is 5.81. The zero-order chi connectivity index (χ0) is 22.8. The van der Waals surface area contributed by atoms with E-state index in [1.165, 1.54) is 0 Å². The summed E-state index contributed by atoms with van der Waals surface area (Å²) >= 11 is 0. The van der Waals surface area contributed by atoms with Crippen LogP contribution < -0.4 is 10.7 Å². The number of hydrogen-bond acceptors (Lipinski definition) is 5. The number of carboxylic acids is 1. The number of aliphatic carboxylic acids is 1. The molecule has 0 bridgehead atoms. The van der Waals surface area contributed by atoms with Gasteiger partial charge in [0, 0.05) is 5.92 Å². The largest absolute Gasteiger partial charge is 0.480 e. The van der Waals surface area contributed by atoms with E-state index in [0.717, 1.165) is 27.3 Å². The van der Waals surface area contributed by atoms with Gasteiger partial charge in [-0.1, -0.05) is 55.5 Å². The fourth-order valence-electron chi connectivity index (χ4n) is 4.22. The molecular formula is C23H23N3O6. The van der Waals surface area contributed by atoms with Crippen molar-refractivity contribution in [3.63, 3.8) is 0 Å². The molecule has 2 unspecified atom stereocenters. The molecule has 0 saturated carbocycles. The smallest absolute Gasteiger partial charge is 0.407 e. The van der Waals surface area contributed by atoms with Crippen molar-refractivity contribution >= 4 is 23.9 Å². The van der Waals surface area contributed by atoms with E-state index < -0.39 is 36.0 Å². The molecule has 2 aromatic carbocycles. The lowest BCUT2D eigenvalue weighted by atomic mass is 9.98. The monoisotopic (exact) mass is 437 g/mol. The standard InChI is InChI=1S/C23H23N3O6/c1-2-18(21(28)26-19(22(29)30)11-20(27)25-26)24-23(31)32-12-17-15-9-5-3-7-13(15)14-8-4-6-10-16(14)17/h3-10,17-19H,2,11-12H2,1H3,(H,24,31)(H,25,27)(H,29,30). The van der Waals surface area contributed by atoms with Crippen LogP contribution in [-0.4, -0.2) is 52.7 Å². The average Bonchev–Trinajstić information content (AvgIpc) is 3.34. The summed E-state index contributed by atoms with van der Waals surface area (Å²) in [7, 11) is 0. The quantitative estimate of drug-likeness (QED) is 0.635. The molecule has 9 heteroatoms. The molecule has 166 valence electrons. The van der Waals surface area contributed by atoms with Crippen molar-refractivity contribution in [1.29, 1.82) is 0 Å². The Hall–Kier alpha value is -3.88. The number of hydrogen-bond donors (Lipinski definition) is 3. The van der Waals surface area contributed by atoms with Crippen LogP contribution in [0.1, 0.15) is 36.8 Å². The minimum absolute atomic E-state index is 0.0860. The van der Waals surface area contributed by atoms with Gasteiger partial charge in [0.05, 0.1) is 6.42 Å². The van der Waals surface area contributed by atoms with E-state index in [-0.39, 0.29) is 25.4 Å². The van der Waals surface area contributed by atoms with Gasteiger partial charge >= 0.3 is 12.1 Å². The number of rotatable bonds is 6. The maximum atomic E-state index is 12.7. The molecule has 0 spiro atoms. The summed E-state index contributed by atoms with van der Waals surface area (Å²) in [4.78, 5) is 48.1. The number of alkyl carbamates (subject to hydrolysis) is 1. The second-order valence-corrected chi connectivity index (χ2v) is 7.73. The lowest BCUT2D eigenvalue weighted by Crippen LogP contribution is -2.55. The number of amides is 3. The third-order valence-corrected chi connectivity index (χ3v) is 5.80. The number of hydrazine groups is 1. The molecule has 3 amide bonds. The zero-order valence-electron chi connectivity index (χ0n) is 17.4. The van der Waals surface area contributed by atoms with Gasteiger partial charge in [-0.3, -0.25) is 15.0 Å². The SMILES string of the molecule is CCC(NC(=O)OCC1c2ccccc2-c2ccccc21)C(=O)N1NC(=O)CC1C(=O)O. The maximum absolute atomic E-state index is 12.7. The van der Waals surface area contributed by atoms with E-state index in [1.54, 1.807) is 6.92 Å². The highest BCUT2D eigenvalue weighted by Gasteiger charge is 2.41. The van der Waals surface area contributed by atoms with E-state index >= 15 is 0 Å².